The molecule has 6 atom stereocenters. The van der Waals surface area contributed by atoms with Crippen molar-refractivity contribution >= 4 is 23.4 Å². The number of fused-ring (bicyclic) bond motifs is 3. The minimum atomic E-state index is -2.32. The number of hydrogen-bond acceptors (Lipinski definition) is 13. The van der Waals surface area contributed by atoms with Gasteiger partial charge in [-0.05, 0) is 13.0 Å². The molecule has 4 unspecified atom stereocenters. The molecular weight excluding hydrogens is 594 g/mol. The number of Topliss-reactive ketones (excluding diaryl/α,β-unsaturated/α-hetero) is 1. The number of rotatable bonds is 8. The Hall–Kier alpha value is -4.34. The van der Waals surface area contributed by atoms with Crippen LogP contribution in [-0.2, 0) is 25.4 Å². The zero-order chi connectivity index (χ0) is 32.8. The van der Waals surface area contributed by atoms with E-state index in [1.54, 1.807) is 0 Å². The van der Waals surface area contributed by atoms with Crippen LogP contribution >= 0.6 is 0 Å². The van der Waals surface area contributed by atoms with Gasteiger partial charge in [0.2, 0.25) is 5.78 Å². The van der Waals surface area contributed by atoms with E-state index >= 15 is 0 Å². The van der Waals surface area contributed by atoms with Crippen molar-refractivity contribution in [1.82, 2.24) is 5.32 Å². The number of hydrogen-bond donors (Lipinski definition) is 6. The number of benzene rings is 2. The smallest absolute Gasteiger partial charge is 0.407 e. The van der Waals surface area contributed by atoms with E-state index in [0.29, 0.717) is 0 Å². The molecule has 0 aromatic heterocycles. The van der Waals surface area contributed by atoms with Crippen LogP contribution in [0.2, 0.25) is 0 Å². The van der Waals surface area contributed by atoms with Crippen molar-refractivity contribution in [2.75, 3.05) is 20.3 Å². The monoisotopic (exact) mass is 627 g/mol. The molecule has 6 N–H and O–H groups in total. The van der Waals surface area contributed by atoms with Crippen molar-refractivity contribution in [1.29, 1.82) is 0 Å². The Morgan fingerprint density at radius 3 is 2.53 bits per heavy atom. The van der Waals surface area contributed by atoms with Crippen LogP contribution in [0.4, 0.5) is 4.79 Å². The minimum absolute atomic E-state index is 0.0668. The highest BCUT2D eigenvalue weighted by atomic mass is 16.7. The lowest BCUT2D eigenvalue weighted by Gasteiger charge is -2.42. The predicted octanol–water partition coefficient (Wildman–Crippen LogP) is 0.955. The van der Waals surface area contributed by atoms with Gasteiger partial charge in [0.15, 0.2) is 17.9 Å². The van der Waals surface area contributed by atoms with E-state index in [2.05, 4.69) is 11.9 Å². The Morgan fingerprint density at radius 2 is 1.87 bits per heavy atom. The Kier molecular flexibility index (Phi) is 8.70. The Labute approximate surface area is 256 Å². The fraction of sp³-hybridized carbons (Fsp3) is 0.419. The lowest BCUT2D eigenvalue weighted by molar-refractivity contribution is -0.249. The summed E-state index contributed by atoms with van der Waals surface area (Å²) in [5.41, 5.74) is -3.99. The molecular formula is C31H33NO13. The molecule has 0 saturated carbocycles. The molecule has 0 radical (unpaired) electrons. The average Bonchev–Trinajstić information content (AvgIpc) is 3.01. The number of carbonyl (C=O) groups excluding carboxylic acids is 4. The molecule has 2 aromatic rings. The van der Waals surface area contributed by atoms with Crippen LogP contribution in [0.5, 0.6) is 17.2 Å². The molecule has 1 fully saturated rings. The summed E-state index contributed by atoms with van der Waals surface area (Å²) in [5.74, 6) is -4.04. The second-order valence-electron chi connectivity index (χ2n) is 11.1. The number of nitrogens with one attached hydrogen (secondary N) is 1. The summed E-state index contributed by atoms with van der Waals surface area (Å²) in [6, 6.07) is 3.37. The molecule has 240 valence electrons. The van der Waals surface area contributed by atoms with Crippen LogP contribution in [0.1, 0.15) is 68.8 Å². The van der Waals surface area contributed by atoms with Gasteiger partial charge in [0.05, 0.1) is 42.0 Å². The first-order chi connectivity index (χ1) is 21.4. The Bertz CT molecular complexity index is 1590. The van der Waals surface area contributed by atoms with E-state index in [4.69, 9.17) is 18.9 Å². The number of aliphatic hydroxyl groups is 3. The van der Waals surface area contributed by atoms with E-state index in [1.165, 1.54) is 38.3 Å². The van der Waals surface area contributed by atoms with Gasteiger partial charge in [-0.25, -0.2) is 4.79 Å². The van der Waals surface area contributed by atoms with Gasteiger partial charge < -0.3 is 49.8 Å². The molecule has 14 nitrogen and oxygen atoms in total. The van der Waals surface area contributed by atoms with Crippen molar-refractivity contribution in [3.8, 4) is 17.2 Å². The minimum Gasteiger partial charge on any atom is -0.507 e. The molecule has 1 saturated heterocycles. The summed E-state index contributed by atoms with van der Waals surface area (Å²) in [4.78, 5) is 52.3. The van der Waals surface area contributed by atoms with E-state index in [0.717, 1.165) is 0 Å². The number of alkyl carbamates (subject to hydrolysis) is 1. The number of amides is 1. The third-order valence-corrected chi connectivity index (χ3v) is 8.40. The summed E-state index contributed by atoms with van der Waals surface area (Å²) in [5, 5.41) is 57.2. The zero-order valence-corrected chi connectivity index (χ0v) is 24.4. The molecule has 1 heterocycles. The maximum absolute atomic E-state index is 13.8. The molecule has 0 spiro atoms. The second kappa shape index (κ2) is 12.2. The van der Waals surface area contributed by atoms with E-state index in [9.17, 15) is 44.7 Å². The van der Waals surface area contributed by atoms with Gasteiger partial charge in [-0.3, -0.25) is 14.4 Å². The summed E-state index contributed by atoms with van der Waals surface area (Å²) in [7, 11) is 1.30. The number of ketones is 3. The molecule has 14 heteroatoms. The third-order valence-electron chi connectivity index (χ3n) is 8.40. The largest absolute Gasteiger partial charge is 0.507 e. The van der Waals surface area contributed by atoms with Crippen LogP contribution in [0.25, 0.3) is 0 Å². The van der Waals surface area contributed by atoms with Crippen LogP contribution < -0.4 is 10.1 Å². The molecule has 3 aliphatic rings. The van der Waals surface area contributed by atoms with Gasteiger partial charge in [-0.2, -0.15) is 0 Å². The number of aromatic hydroxyl groups is 2. The van der Waals surface area contributed by atoms with Crippen molar-refractivity contribution in [3.05, 3.63) is 64.2 Å². The second-order valence-corrected chi connectivity index (χ2v) is 11.1. The summed E-state index contributed by atoms with van der Waals surface area (Å²) in [6.07, 6.45) is -5.58. The highest BCUT2D eigenvalue weighted by Crippen LogP contribution is 2.52. The number of methoxy groups -OCH3 is 1. The molecule has 1 amide bonds. The van der Waals surface area contributed by atoms with Gasteiger partial charge in [0, 0.05) is 36.0 Å². The summed E-state index contributed by atoms with van der Waals surface area (Å²) >= 11 is 0. The Morgan fingerprint density at radius 1 is 1.16 bits per heavy atom. The number of phenolic OH excluding ortho intramolecular Hbond substituents is 2. The lowest BCUT2D eigenvalue weighted by Crippen LogP contribution is -2.56. The van der Waals surface area contributed by atoms with Crippen LogP contribution in [0, 0.1) is 0 Å². The van der Waals surface area contributed by atoms with E-state index < -0.39 is 102 Å². The SMILES string of the molecule is C=CCOC(=O)NC1CC(O[C@H]2C[C@](O)(C(=O)CO)Cc3c(O)c4c(c(O)c32)C(=O)c2c(OC)cccc2C4=O)OC(C)C1O. The quantitative estimate of drug-likeness (QED) is 0.152. The molecule has 2 aliphatic carbocycles. The van der Waals surface area contributed by atoms with Crippen LogP contribution in [0.3, 0.4) is 0 Å². The fourth-order valence-electron chi connectivity index (χ4n) is 6.19. The highest BCUT2D eigenvalue weighted by molar-refractivity contribution is 6.31. The van der Waals surface area contributed by atoms with Crippen molar-refractivity contribution in [2.45, 2.75) is 62.4 Å². The van der Waals surface area contributed by atoms with Gasteiger partial charge in [-0.1, -0.05) is 24.8 Å². The molecule has 5 rings (SSSR count). The van der Waals surface area contributed by atoms with Gasteiger partial charge in [0.1, 0.15) is 42.2 Å². The number of aliphatic hydroxyl groups excluding tert-OH is 2. The lowest BCUT2D eigenvalue weighted by atomic mass is 9.72. The first-order valence-electron chi connectivity index (χ1n) is 14.1. The average molecular weight is 628 g/mol. The van der Waals surface area contributed by atoms with Crippen LogP contribution in [-0.4, -0.2) is 99.4 Å². The highest BCUT2D eigenvalue weighted by Gasteiger charge is 2.50. The Balaban J connectivity index is 1.59. The van der Waals surface area contributed by atoms with Gasteiger partial charge in [0.25, 0.3) is 0 Å². The number of ether oxygens (including phenoxy) is 4. The van der Waals surface area contributed by atoms with Gasteiger partial charge in [-0.15, -0.1) is 0 Å². The van der Waals surface area contributed by atoms with Gasteiger partial charge >= 0.3 is 6.09 Å². The maximum atomic E-state index is 13.8. The molecule has 2 aromatic carbocycles. The van der Waals surface area contributed by atoms with E-state index in [1.807, 2.05) is 0 Å². The first-order valence-corrected chi connectivity index (χ1v) is 14.1. The fourth-order valence-corrected chi connectivity index (χ4v) is 6.19. The number of carbonyl (C=O) groups is 4. The third kappa shape index (κ3) is 5.44. The standard InChI is InChI=1S/C31H33NO13/c1-4-8-43-30(40)32-16-9-20(44-13(2)25(16)35)45-18-11-31(41,19(34)12-33)10-15-22(18)29(39)24-23(27(15)37)26(36)14-6-5-7-17(42-3)21(14)28(24)38/h4-7,13,16,18,20,25,33,35,37,39,41H,1,8-12H2,2-3H3,(H,32,40)/t13?,16?,18-,20?,25?,31-/m0/s1. The normalized spacial score (nSPS) is 27.1. The zero-order valence-electron chi connectivity index (χ0n) is 24.4. The van der Waals surface area contributed by atoms with Crippen LogP contribution in [0.15, 0.2) is 30.9 Å². The topological polar surface area (TPSA) is 218 Å². The first kappa shape index (κ1) is 32.1. The van der Waals surface area contributed by atoms with Crippen molar-refractivity contribution in [2.24, 2.45) is 0 Å². The molecule has 45 heavy (non-hydrogen) atoms. The van der Waals surface area contributed by atoms with Crippen molar-refractivity contribution < 1.29 is 63.7 Å². The van der Waals surface area contributed by atoms with Crippen molar-refractivity contribution in [3.63, 3.8) is 0 Å². The maximum Gasteiger partial charge on any atom is 0.407 e. The summed E-state index contributed by atoms with van der Waals surface area (Å²) in [6.45, 7) is 3.83. The molecule has 0 bridgehead atoms. The predicted molar refractivity (Wildman–Crippen MR) is 152 cm³/mol. The summed E-state index contributed by atoms with van der Waals surface area (Å²) < 4.78 is 22.1. The molecule has 1 aliphatic heterocycles. The number of phenols is 2. The van der Waals surface area contributed by atoms with E-state index in [-0.39, 0.29) is 41.0 Å².